The van der Waals surface area contributed by atoms with Crippen molar-refractivity contribution in [1.82, 2.24) is 4.98 Å². The molecule has 0 unspecified atom stereocenters. The molecule has 1 N–H and O–H groups in total. The highest BCUT2D eigenvalue weighted by Gasteiger charge is 2.24. The van der Waals surface area contributed by atoms with Crippen LogP contribution in [0, 0.1) is 11.8 Å². The number of aliphatic hydroxyl groups is 1. The number of hydrogen-bond acceptors (Lipinski definition) is 4. The molecule has 3 nitrogen and oxygen atoms in total. The largest absolute Gasteiger partial charge is 0.396 e. The lowest BCUT2D eigenvalue weighted by molar-refractivity contribution is -0.0262. The molecular formula is C15H23NO2S. The standard InChI is InChI=1S/C15H23NO2S/c1-4-9-14-16-13(12-19-14)15(2,3)18-11-8-6-5-7-10-17/h12,17H,5-8,10-11H2,1-3H3. The van der Waals surface area contributed by atoms with Crippen molar-refractivity contribution < 1.29 is 9.84 Å². The van der Waals surface area contributed by atoms with Gasteiger partial charge < -0.3 is 9.84 Å². The predicted octanol–water partition coefficient (Wildman–Crippen LogP) is 3.32. The number of aliphatic hydroxyl groups excluding tert-OH is 1. The third kappa shape index (κ3) is 5.73. The molecule has 1 aromatic heterocycles. The van der Waals surface area contributed by atoms with Crippen LogP contribution in [0.1, 0.15) is 57.2 Å². The molecule has 0 spiro atoms. The number of hydrogen-bond donors (Lipinski definition) is 1. The zero-order chi connectivity index (χ0) is 14.1. The molecule has 0 saturated carbocycles. The van der Waals surface area contributed by atoms with Crippen molar-refractivity contribution in [1.29, 1.82) is 0 Å². The fourth-order valence-electron chi connectivity index (χ4n) is 1.68. The Kier molecular flexibility index (Phi) is 7.07. The molecule has 0 amide bonds. The fraction of sp³-hybridized carbons (Fsp3) is 0.667. The maximum absolute atomic E-state index is 8.70. The van der Waals surface area contributed by atoms with E-state index in [1.54, 1.807) is 11.3 Å². The van der Waals surface area contributed by atoms with Crippen LogP contribution in [-0.2, 0) is 10.3 Å². The van der Waals surface area contributed by atoms with E-state index in [0.717, 1.165) is 43.0 Å². The minimum Gasteiger partial charge on any atom is -0.396 e. The highest BCUT2D eigenvalue weighted by atomic mass is 32.1. The Labute approximate surface area is 120 Å². The Bertz CT molecular complexity index is 429. The molecule has 1 aromatic rings. The maximum atomic E-state index is 8.70. The molecule has 0 aliphatic carbocycles. The fourth-order valence-corrected chi connectivity index (χ4v) is 2.56. The quantitative estimate of drug-likeness (QED) is 0.587. The Morgan fingerprint density at radius 1 is 1.32 bits per heavy atom. The minimum atomic E-state index is -0.360. The summed E-state index contributed by atoms with van der Waals surface area (Å²) in [6.45, 7) is 6.91. The predicted molar refractivity (Wildman–Crippen MR) is 79.2 cm³/mol. The monoisotopic (exact) mass is 281 g/mol. The first-order chi connectivity index (χ1) is 9.10. The normalized spacial score (nSPS) is 11.2. The molecule has 1 rings (SSSR count). The van der Waals surface area contributed by atoms with Crippen LogP contribution in [-0.4, -0.2) is 23.3 Å². The average molecular weight is 281 g/mol. The van der Waals surface area contributed by atoms with Gasteiger partial charge in [-0.15, -0.1) is 11.3 Å². The third-order valence-electron chi connectivity index (χ3n) is 2.87. The second kappa shape index (κ2) is 8.31. The summed E-state index contributed by atoms with van der Waals surface area (Å²) in [5.41, 5.74) is 0.590. The van der Waals surface area contributed by atoms with Gasteiger partial charge in [-0.25, -0.2) is 4.98 Å². The van der Waals surface area contributed by atoms with E-state index in [-0.39, 0.29) is 12.2 Å². The van der Waals surface area contributed by atoms with Crippen molar-refractivity contribution >= 4 is 11.3 Å². The lowest BCUT2D eigenvalue weighted by Gasteiger charge is -2.23. The Morgan fingerprint density at radius 3 is 2.74 bits per heavy atom. The zero-order valence-corrected chi connectivity index (χ0v) is 12.8. The third-order valence-corrected chi connectivity index (χ3v) is 3.63. The summed E-state index contributed by atoms with van der Waals surface area (Å²) in [6, 6.07) is 0. The van der Waals surface area contributed by atoms with E-state index in [1.165, 1.54) is 0 Å². The zero-order valence-electron chi connectivity index (χ0n) is 12.0. The van der Waals surface area contributed by atoms with Crippen LogP contribution in [0.3, 0.4) is 0 Å². The van der Waals surface area contributed by atoms with Crippen molar-refractivity contribution in [3.05, 3.63) is 16.1 Å². The summed E-state index contributed by atoms with van der Waals surface area (Å²) in [5.74, 6) is 5.83. The van der Waals surface area contributed by atoms with Gasteiger partial charge in [0.25, 0.3) is 0 Å². The molecule has 0 atom stereocenters. The molecule has 0 aliphatic rings. The number of aromatic nitrogens is 1. The van der Waals surface area contributed by atoms with Gasteiger partial charge in [-0.1, -0.05) is 18.8 Å². The number of thiazole rings is 1. The summed E-state index contributed by atoms with van der Waals surface area (Å²) < 4.78 is 5.92. The minimum absolute atomic E-state index is 0.284. The van der Waals surface area contributed by atoms with Crippen LogP contribution < -0.4 is 0 Å². The van der Waals surface area contributed by atoms with E-state index in [9.17, 15) is 0 Å². The molecule has 0 saturated heterocycles. The molecule has 4 heteroatoms. The molecule has 0 fully saturated rings. The SMILES string of the molecule is CC#Cc1nc(C(C)(C)OCCCCCCO)cs1. The van der Waals surface area contributed by atoms with Gasteiger partial charge in [-0.05, 0) is 39.5 Å². The molecule has 0 radical (unpaired) electrons. The van der Waals surface area contributed by atoms with Gasteiger partial charge in [-0.2, -0.15) is 0 Å². The molecule has 1 heterocycles. The topological polar surface area (TPSA) is 42.4 Å². The molecule has 0 bridgehead atoms. The number of rotatable bonds is 8. The first-order valence-corrected chi connectivity index (χ1v) is 7.61. The van der Waals surface area contributed by atoms with E-state index in [1.807, 2.05) is 26.2 Å². The van der Waals surface area contributed by atoms with Crippen LogP contribution in [0.4, 0.5) is 0 Å². The van der Waals surface area contributed by atoms with E-state index >= 15 is 0 Å². The van der Waals surface area contributed by atoms with Gasteiger partial charge in [0.1, 0.15) is 5.60 Å². The van der Waals surface area contributed by atoms with Gasteiger partial charge in [0.2, 0.25) is 0 Å². The first-order valence-electron chi connectivity index (χ1n) is 6.73. The first kappa shape index (κ1) is 16.2. The van der Waals surface area contributed by atoms with Gasteiger partial charge in [0.15, 0.2) is 5.01 Å². The Balaban J connectivity index is 2.38. The lowest BCUT2D eigenvalue weighted by Crippen LogP contribution is -2.22. The van der Waals surface area contributed by atoms with E-state index in [2.05, 4.69) is 16.8 Å². The van der Waals surface area contributed by atoms with Crippen molar-refractivity contribution in [3.63, 3.8) is 0 Å². The lowest BCUT2D eigenvalue weighted by atomic mass is 10.1. The van der Waals surface area contributed by atoms with Crippen LogP contribution in [0.25, 0.3) is 0 Å². The number of nitrogens with zero attached hydrogens (tertiary/aromatic N) is 1. The van der Waals surface area contributed by atoms with Crippen molar-refractivity contribution in [3.8, 4) is 11.8 Å². The summed E-state index contributed by atoms with van der Waals surface area (Å²) >= 11 is 1.56. The summed E-state index contributed by atoms with van der Waals surface area (Å²) in [4.78, 5) is 4.49. The number of ether oxygens (including phenoxy) is 1. The molecular weight excluding hydrogens is 258 g/mol. The van der Waals surface area contributed by atoms with E-state index in [4.69, 9.17) is 9.84 Å². The summed E-state index contributed by atoms with van der Waals surface area (Å²) in [6.07, 6.45) is 4.07. The second-order valence-electron chi connectivity index (χ2n) is 4.91. The smallest absolute Gasteiger partial charge is 0.167 e. The van der Waals surface area contributed by atoms with Crippen molar-refractivity contribution in [2.24, 2.45) is 0 Å². The van der Waals surface area contributed by atoms with Gasteiger partial charge in [0, 0.05) is 18.6 Å². The van der Waals surface area contributed by atoms with Gasteiger partial charge in [0.05, 0.1) is 5.69 Å². The second-order valence-corrected chi connectivity index (χ2v) is 5.77. The highest BCUT2D eigenvalue weighted by molar-refractivity contribution is 7.10. The Hall–Kier alpha value is -0.890. The molecule has 19 heavy (non-hydrogen) atoms. The summed E-state index contributed by atoms with van der Waals surface area (Å²) in [5, 5.41) is 11.6. The van der Waals surface area contributed by atoms with Gasteiger partial charge in [-0.3, -0.25) is 0 Å². The van der Waals surface area contributed by atoms with Crippen LogP contribution in [0.5, 0.6) is 0 Å². The molecule has 0 aromatic carbocycles. The summed E-state index contributed by atoms with van der Waals surface area (Å²) in [7, 11) is 0. The van der Waals surface area contributed by atoms with Crippen molar-refractivity contribution in [2.45, 2.75) is 52.1 Å². The van der Waals surface area contributed by atoms with E-state index < -0.39 is 0 Å². The van der Waals surface area contributed by atoms with Crippen LogP contribution >= 0.6 is 11.3 Å². The maximum Gasteiger partial charge on any atom is 0.167 e. The van der Waals surface area contributed by atoms with Crippen LogP contribution in [0.2, 0.25) is 0 Å². The van der Waals surface area contributed by atoms with Crippen molar-refractivity contribution in [2.75, 3.05) is 13.2 Å². The van der Waals surface area contributed by atoms with E-state index in [0.29, 0.717) is 0 Å². The number of unbranched alkanes of at least 4 members (excludes halogenated alkanes) is 3. The molecule has 106 valence electrons. The Morgan fingerprint density at radius 2 is 2.05 bits per heavy atom. The van der Waals surface area contributed by atoms with Crippen LogP contribution in [0.15, 0.2) is 5.38 Å². The average Bonchev–Trinajstić information content (AvgIpc) is 2.83. The molecule has 0 aliphatic heterocycles. The highest BCUT2D eigenvalue weighted by Crippen LogP contribution is 2.26. The van der Waals surface area contributed by atoms with Gasteiger partial charge >= 0.3 is 0 Å².